The largest absolute Gasteiger partial charge is 0.490 e. The lowest BCUT2D eigenvalue weighted by atomic mass is 9.75. The van der Waals surface area contributed by atoms with Gasteiger partial charge in [0.05, 0.1) is 12.1 Å². The van der Waals surface area contributed by atoms with Crippen LogP contribution in [0.2, 0.25) is 0 Å². The fourth-order valence-corrected chi connectivity index (χ4v) is 3.98. The van der Waals surface area contributed by atoms with E-state index in [4.69, 9.17) is 14.6 Å². The smallest absolute Gasteiger partial charge is 0.475 e. The van der Waals surface area contributed by atoms with E-state index in [1.54, 1.807) is 18.3 Å². The van der Waals surface area contributed by atoms with E-state index in [-0.39, 0.29) is 17.3 Å². The van der Waals surface area contributed by atoms with Crippen LogP contribution in [0.1, 0.15) is 23.3 Å². The highest BCUT2D eigenvalue weighted by molar-refractivity contribution is 5.93. The Morgan fingerprint density at radius 3 is 2.53 bits per heavy atom. The number of rotatable bonds is 4. The fraction of sp³-hybridized carbons (Fsp3) is 0.476. The summed E-state index contributed by atoms with van der Waals surface area (Å²) in [5.41, 5.74) is 0.376. The normalized spacial score (nSPS) is 19.6. The summed E-state index contributed by atoms with van der Waals surface area (Å²) in [4.78, 5) is 37.4. The minimum atomic E-state index is -5.08. The van der Waals surface area contributed by atoms with Crippen molar-refractivity contribution in [1.82, 2.24) is 24.8 Å². The van der Waals surface area contributed by atoms with Crippen molar-refractivity contribution in [3.05, 3.63) is 48.4 Å². The van der Waals surface area contributed by atoms with Crippen LogP contribution in [0.15, 0.2) is 36.9 Å². The number of aliphatic carboxylic acids is 1. The molecule has 13 heteroatoms. The summed E-state index contributed by atoms with van der Waals surface area (Å²) in [5.74, 6) is -2.90. The molecule has 1 amide bonds. The number of alkyl halides is 3. The molecular weight excluding hydrogens is 462 g/mol. The molecule has 1 unspecified atom stereocenters. The number of hydrogen-bond donors (Lipinski definition) is 1. The van der Waals surface area contributed by atoms with Crippen LogP contribution in [-0.4, -0.2) is 86.7 Å². The van der Waals surface area contributed by atoms with Crippen molar-refractivity contribution < 1.29 is 37.0 Å². The number of likely N-dealkylation sites (tertiary alicyclic amines) is 2. The van der Waals surface area contributed by atoms with E-state index in [9.17, 15) is 22.4 Å². The van der Waals surface area contributed by atoms with Gasteiger partial charge >= 0.3 is 12.1 Å². The van der Waals surface area contributed by atoms with E-state index in [0.717, 1.165) is 19.4 Å². The van der Waals surface area contributed by atoms with E-state index >= 15 is 0 Å². The highest BCUT2D eigenvalue weighted by atomic mass is 19.4. The van der Waals surface area contributed by atoms with E-state index < -0.39 is 18.0 Å². The molecule has 4 rings (SSSR count). The Balaban J connectivity index is 0.000000406. The lowest BCUT2D eigenvalue weighted by molar-refractivity contribution is -0.192. The van der Waals surface area contributed by atoms with Crippen molar-refractivity contribution in [2.75, 3.05) is 33.3 Å². The molecule has 2 aromatic heterocycles. The number of hydrogen-bond acceptors (Lipinski definition) is 7. The predicted molar refractivity (Wildman–Crippen MR) is 109 cm³/mol. The number of ether oxygens (including phenoxy) is 1. The number of halogens is 4. The average molecular weight is 485 g/mol. The molecule has 34 heavy (non-hydrogen) atoms. The minimum absolute atomic E-state index is 0.0440. The van der Waals surface area contributed by atoms with Gasteiger partial charge in [-0.1, -0.05) is 0 Å². The van der Waals surface area contributed by atoms with E-state index in [1.165, 1.54) is 18.6 Å². The molecule has 2 fully saturated rings. The van der Waals surface area contributed by atoms with Crippen LogP contribution >= 0.6 is 0 Å². The Hall–Kier alpha value is -3.35. The monoisotopic (exact) mass is 485 g/mol. The summed E-state index contributed by atoms with van der Waals surface area (Å²) in [6.07, 6.45) is 1.29. The Morgan fingerprint density at radius 2 is 1.94 bits per heavy atom. The summed E-state index contributed by atoms with van der Waals surface area (Å²) >= 11 is 0. The van der Waals surface area contributed by atoms with Gasteiger partial charge in [-0.2, -0.15) is 13.2 Å². The zero-order chi connectivity index (χ0) is 24.9. The van der Waals surface area contributed by atoms with Gasteiger partial charge in [-0.05, 0) is 50.6 Å². The molecule has 2 aromatic rings. The number of amides is 1. The summed E-state index contributed by atoms with van der Waals surface area (Å²) in [5, 5.41) is 7.12. The first kappa shape index (κ1) is 25.3. The first-order chi connectivity index (χ1) is 16.0. The Kier molecular flexibility index (Phi) is 7.64. The van der Waals surface area contributed by atoms with Gasteiger partial charge in [-0.25, -0.2) is 24.1 Å². The van der Waals surface area contributed by atoms with Crippen LogP contribution in [0, 0.1) is 11.7 Å². The maximum absolute atomic E-state index is 13.7. The molecule has 1 atom stereocenters. The summed E-state index contributed by atoms with van der Waals surface area (Å²) in [6, 6.07) is 4.53. The Labute approximate surface area is 192 Å². The molecule has 0 aromatic carbocycles. The highest BCUT2D eigenvalue weighted by Gasteiger charge is 2.51. The number of nitrogens with zero attached hydrogens (tertiary/aromatic N) is 5. The molecule has 1 N–H and O–H groups in total. The standard InChI is InChI=1S/C19H22FN5O2.C2HF3O2/c1-24-8-5-14(10-27-17-15(20)3-2-6-22-17)9-19(24)11-25(12-19)18(26)16-4-7-21-13-23-16;3-2(4,5)1(6)7/h2-4,6-7,13-14H,5,8-12H2,1H3;(H,6,7). The molecule has 1 spiro atoms. The number of piperidine rings is 1. The van der Waals surface area contributed by atoms with Crippen LogP contribution in [-0.2, 0) is 4.79 Å². The van der Waals surface area contributed by atoms with Crippen LogP contribution in [0.5, 0.6) is 5.88 Å². The molecule has 0 aliphatic carbocycles. The molecule has 0 bridgehead atoms. The lowest BCUT2D eigenvalue weighted by Gasteiger charge is -2.58. The number of aromatic nitrogens is 3. The minimum Gasteiger partial charge on any atom is -0.475 e. The van der Waals surface area contributed by atoms with E-state index in [0.29, 0.717) is 31.3 Å². The first-order valence-corrected chi connectivity index (χ1v) is 10.3. The van der Waals surface area contributed by atoms with Gasteiger partial charge in [0, 0.05) is 25.5 Å². The number of carbonyl (C=O) groups excluding carboxylic acids is 1. The lowest BCUT2D eigenvalue weighted by Crippen LogP contribution is -2.72. The summed E-state index contributed by atoms with van der Waals surface area (Å²) in [7, 11) is 2.10. The van der Waals surface area contributed by atoms with Crippen molar-refractivity contribution in [2.24, 2.45) is 5.92 Å². The van der Waals surface area contributed by atoms with Crippen molar-refractivity contribution >= 4 is 11.9 Å². The van der Waals surface area contributed by atoms with Crippen molar-refractivity contribution in [3.63, 3.8) is 0 Å². The molecule has 2 saturated heterocycles. The molecular formula is C21H23F4N5O4. The molecule has 9 nitrogen and oxygen atoms in total. The van der Waals surface area contributed by atoms with Gasteiger partial charge in [0.1, 0.15) is 12.0 Å². The molecule has 2 aliphatic heterocycles. The van der Waals surface area contributed by atoms with Crippen molar-refractivity contribution in [3.8, 4) is 5.88 Å². The third-order valence-corrected chi connectivity index (χ3v) is 5.83. The summed E-state index contributed by atoms with van der Waals surface area (Å²) < 4.78 is 51.0. The molecule has 0 saturated carbocycles. The van der Waals surface area contributed by atoms with Gasteiger partial charge in [0.15, 0.2) is 5.82 Å². The van der Waals surface area contributed by atoms with Crippen molar-refractivity contribution in [1.29, 1.82) is 0 Å². The van der Waals surface area contributed by atoms with Gasteiger partial charge in [0.2, 0.25) is 5.88 Å². The topological polar surface area (TPSA) is 109 Å². The third kappa shape index (κ3) is 5.95. The zero-order valence-corrected chi connectivity index (χ0v) is 18.2. The molecule has 0 radical (unpaired) electrons. The van der Waals surface area contributed by atoms with Crippen LogP contribution in [0.4, 0.5) is 17.6 Å². The van der Waals surface area contributed by atoms with Crippen LogP contribution < -0.4 is 4.74 Å². The van der Waals surface area contributed by atoms with E-state index in [1.807, 2.05) is 4.90 Å². The maximum Gasteiger partial charge on any atom is 0.490 e. The molecule has 184 valence electrons. The number of pyridine rings is 1. The molecule has 2 aliphatic rings. The summed E-state index contributed by atoms with van der Waals surface area (Å²) in [6.45, 7) is 2.69. The zero-order valence-electron chi connectivity index (χ0n) is 18.2. The second kappa shape index (κ2) is 10.3. The maximum atomic E-state index is 13.7. The quantitative estimate of drug-likeness (QED) is 0.657. The Bertz CT molecular complexity index is 1000. The van der Waals surface area contributed by atoms with Gasteiger partial charge in [-0.3, -0.25) is 9.69 Å². The predicted octanol–water partition coefficient (Wildman–Crippen LogP) is 2.26. The number of carboxylic acids is 1. The number of carboxylic acid groups (broad SMARTS) is 1. The van der Waals surface area contributed by atoms with Crippen LogP contribution in [0.25, 0.3) is 0 Å². The van der Waals surface area contributed by atoms with Crippen LogP contribution in [0.3, 0.4) is 0 Å². The second-order valence-electron chi connectivity index (χ2n) is 8.16. The average Bonchev–Trinajstić information content (AvgIpc) is 2.78. The number of likely N-dealkylation sites (N-methyl/N-ethyl adjacent to an activating group) is 1. The fourth-order valence-electron chi connectivity index (χ4n) is 3.98. The molecule has 4 heterocycles. The van der Waals surface area contributed by atoms with Gasteiger partial charge < -0.3 is 14.7 Å². The van der Waals surface area contributed by atoms with Crippen molar-refractivity contribution in [2.45, 2.75) is 24.6 Å². The second-order valence-corrected chi connectivity index (χ2v) is 8.16. The van der Waals surface area contributed by atoms with Gasteiger partial charge in [-0.15, -0.1) is 0 Å². The van der Waals surface area contributed by atoms with Gasteiger partial charge in [0.25, 0.3) is 5.91 Å². The Morgan fingerprint density at radius 1 is 1.24 bits per heavy atom. The SMILES string of the molecule is CN1CCC(COc2ncccc2F)CC12CN(C(=O)c1ccncn1)C2.O=C(O)C(F)(F)F. The number of carbonyl (C=O) groups is 2. The van der Waals surface area contributed by atoms with E-state index in [2.05, 4.69) is 26.9 Å². The highest BCUT2D eigenvalue weighted by Crippen LogP contribution is 2.38. The third-order valence-electron chi connectivity index (χ3n) is 5.83. The first-order valence-electron chi connectivity index (χ1n) is 10.3.